The first-order chi connectivity index (χ1) is 7.09. The van der Waals surface area contributed by atoms with E-state index in [2.05, 4.69) is 31.5 Å². The summed E-state index contributed by atoms with van der Waals surface area (Å²) in [4.78, 5) is 15.1. The lowest BCUT2D eigenvalue weighted by molar-refractivity contribution is -0.131. The molecule has 0 saturated heterocycles. The van der Waals surface area contributed by atoms with Crippen molar-refractivity contribution >= 4 is 27.5 Å². The van der Waals surface area contributed by atoms with Gasteiger partial charge in [-0.15, -0.1) is 0 Å². The van der Waals surface area contributed by atoms with Gasteiger partial charge in [0.05, 0.1) is 5.71 Å². The van der Waals surface area contributed by atoms with Crippen LogP contribution in [0.4, 0.5) is 0 Å². The molecule has 1 aromatic carbocycles. The maximum Gasteiger partial charge on any atom is 0.251 e. The number of hydrogen-bond donors (Lipinski definition) is 1. The summed E-state index contributed by atoms with van der Waals surface area (Å²) in [5.41, 5.74) is 3.75. The number of hydroxylamine groups is 1. The third kappa shape index (κ3) is 4.12. The number of carbonyl (C=O) groups is 1. The molecule has 0 aliphatic heterocycles. The topological polar surface area (TPSA) is 50.7 Å². The second-order valence-electron chi connectivity index (χ2n) is 2.93. The van der Waals surface area contributed by atoms with Crippen LogP contribution in [0.3, 0.4) is 0 Å². The van der Waals surface area contributed by atoms with E-state index in [4.69, 9.17) is 0 Å². The normalized spacial score (nSPS) is 11.0. The van der Waals surface area contributed by atoms with E-state index in [1.165, 1.54) is 6.92 Å². The molecule has 15 heavy (non-hydrogen) atoms. The predicted molar refractivity (Wildman–Crippen MR) is 61.3 cm³/mol. The van der Waals surface area contributed by atoms with E-state index >= 15 is 0 Å². The minimum atomic E-state index is -0.289. The van der Waals surface area contributed by atoms with Crippen molar-refractivity contribution < 1.29 is 9.73 Å². The molecule has 0 bridgehead atoms. The van der Waals surface area contributed by atoms with Gasteiger partial charge in [-0.05, 0) is 24.6 Å². The Morgan fingerprint density at radius 3 is 2.47 bits per heavy atom. The Bertz CT molecular complexity index is 374. The molecule has 0 heterocycles. The predicted octanol–water partition coefficient (Wildman–Crippen LogP) is 2.24. The largest absolute Gasteiger partial charge is 0.272 e. The first kappa shape index (κ1) is 11.7. The van der Waals surface area contributed by atoms with Crippen LogP contribution in [-0.2, 0) is 9.73 Å². The molecule has 1 rings (SSSR count). The van der Waals surface area contributed by atoms with Gasteiger partial charge in [0.2, 0.25) is 0 Å². The van der Waals surface area contributed by atoms with Gasteiger partial charge in [0, 0.05) is 11.4 Å². The van der Waals surface area contributed by atoms with E-state index in [1.807, 2.05) is 24.3 Å². The first-order valence-electron chi connectivity index (χ1n) is 4.32. The molecule has 1 N–H and O–H groups in total. The summed E-state index contributed by atoms with van der Waals surface area (Å²) in [6.07, 6.45) is 0. The van der Waals surface area contributed by atoms with Gasteiger partial charge in [-0.3, -0.25) is 9.73 Å². The van der Waals surface area contributed by atoms with Crippen LogP contribution in [0, 0.1) is 0 Å². The zero-order valence-electron chi connectivity index (χ0n) is 8.45. The highest BCUT2D eigenvalue weighted by atomic mass is 79.9. The minimum absolute atomic E-state index is 0.289. The maximum absolute atomic E-state index is 10.5. The molecule has 4 nitrogen and oxygen atoms in total. The number of carbonyl (C=O) groups excluding carboxylic acids is 1. The van der Waals surface area contributed by atoms with Crippen molar-refractivity contribution in [3.05, 3.63) is 34.3 Å². The molecule has 0 fully saturated rings. The van der Waals surface area contributed by atoms with Crippen molar-refractivity contribution in [3.63, 3.8) is 0 Å². The average Bonchev–Trinajstić information content (AvgIpc) is 2.18. The molecule has 0 saturated carbocycles. The van der Waals surface area contributed by atoms with Crippen LogP contribution in [0.1, 0.15) is 19.4 Å². The smallest absolute Gasteiger partial charge is 0.251 e. The summed E-state index contributed by atoms with van der Waals surface area (Å²) in [7, 11) is 0. The lowest BCUT2D eigenvalue weighted by atomic mass is 10.1. The maximum atomic E-state index is 10.5. The number of halogens is 1. The molecule has 5 heteroatoms. The number of amides is 1. The summed E-state index contributed by atoms with van der Waals surface area (Å²) in [6, 6.07) is 7.62. The van der Waals surface area contributed by atoms with Crippen LogP contribution in [0.15, 0.2) is 33.9 Å². The Balaban J connectivity index is 2.63. The lowest BCUT2D eigenvalue weighted by Gasteiger charge is -2.01. The number of hydrogen-bond acceptors (Lipinski definition) is 3. The van der Waals surface area contributed by atoms with Gasteiger partial charge in [-0.2, -0.15) is 5.48 Å². The Morgan fingerprint density at radius 2 is 1.93 bits per heavy atom. The van der Waals surface area contributed by atoms with Crippen molar-refractivity contribution in [1.82, 2.24) is 5.48 Å². The fraction of sp³-hybridized carbons (Fsp3) is 0.200. The van der Waals surface area contributed by atoms with E-state index in [9.17, 15) is 4.79 Å². The second kappa shape index (κ2) is 5.50. The zero-order valence-corrected chi connectivity index (χ0v) is 10.0. The summed E-state index contributed by atoms with van der Waals surface area (Å²) in [5, 5.41) is 3.73. The average molecular weight is 271 g/mol. The molecule has 0 atom stereocenters. The van der Waals surface area contributed by atoms with E-state index in [0.29, 0.717) is 5.71 Å². The van der Waals surface area contributed by atoms with Gasteiger partial charge >= 0.3 is 0 Å². The van der Waals surface area contributed by atoms with Crippen molar-refractivity contribution in [2.75, 3.05) is 0 Å². The summed E-state index contributed by atoms with van der Waals surface area (Å²) < 4.78 is 1.00. The highest BCUT2D eigenvalue weighted by Crippen LogP contribution is 2.11. The highest BCUT2D eigenvalue weighted by Gasteiger charge is 1.97. The van der Waals surface area contributed by atoms with Gasteiger partial charge in [-0.1, -0.05) is 33.2 Å². The Labute approximate surface area is 96.4 Å². The zero-order chi connectivity index (χ0) is 11.3. The number of nitrogens with zero attached hydrogens (tertiary/aromatic N) is 1. The van der Waals surface area contributed by atoms with E-state index in [0.717, 1.165) is 10.0 Å². The summed E-state index contributed by atoms with van der Waals surface area (Å²) >= 11 is 3.34. The SMILES string of the molecule is CC(=O)NON=C(C)c1ccc(Br)cc1. The van der Waals surface area contributed by atoms with Crippen LogP contribution in [0.2, 0.25) is 0 Å². The number of oxime groups is 1. The first-order valence-corrected chi connectivity index (χ1v) is 5.12. The van der Waals surface area contributed by atoms with Crippen molar-refractivity contribution in [2.24, 2.45) is 5.16 Å². The number of benzene rings is 1. The molecule has 0 unspecified atom stereocenters. The van der Waals surface area contributed by atoms with Crippen LogP contribution in [0.5, 0.6) is 0 Å². The summed E-state index contributed by atoms with van der Waals surface area (Å²) in [5.74, 6) is -0.289. The van der Waals surface area contributed by atoms with Gasteiger partial charge in [0.25, 0.3) is 5.91 Å². The molecule has 80 valence electrons. The van der Waals surface area contributed by atoms with Crippen LogP contribution in [-0.4, -0.2) is 11.6 Å². The monoisotopic (exact) mass is 270 g/mol. The molecular formula is C10H11BrN2O2. The van der Waals surface area contributed by atoms with E-state index in [1.54, 1.807) is 6.92 Å². The highest BCUT2D eigenvalue weighted by molar-refractivity contribution is 9.10. The van der Waals surface area contributed by atoms with Gasteiger partial charge in [-0.25, -0.2) is 0 Å². The summed E-state index contributed by atoms with van der Waals surface area (Å²) in [6.45, 7) is 3.15. The molecule has 0 aromatic heterocycles. The second-order valence-corrected chi connectivity index (χ2v) is 3.85. The fourth-order valence-corrected chi connectivity index (χ4v) is 1.16. The molecule has 0 aliphatic rings. The molecule has 0 radical (unpaired) electrons. The standard InChI is InChI=1S/C10H11BrN2O2/c1-7(12-15-13-8(2)14)9-3-5-10(11)6-4-9/h3-6H,1-2H3,(H,13,14). The molecule has 0 spiro atoms. The van der Waals surface area contributed by atoms with Crippen molar-refractivity contribution in [2.45, 2.75) is 13.8 Å². The van der Waals surface area contributed by atoms with Gasteiger partial charge < -0.3 is 0 Å². The van der Waals surface area contributed by atoms with Gasteiger partial charge in [0.1, 0.15) is 0 Å². The minimum Gasteiger partial charge on any atom is -0.272 e. The Kier molecular flexibility index (Phi) is 4.30. The fourth-order valence-electron chi connectivity index (χ4n) is 0.899. The molecule has 0 aliphatic carbocycles. The van der Waals surface area contributed by atoms with Crippen molar-refractivity contribution in [1.29, 1.82) is 0 Å². The number of rotatable bonds is 3. The lowest BCUT2D eigenvalue weighted by Crippen LogP contribution is -2.18. The van der Waals surface area contributed by atoms with Crippen molar-refractivity contribution in [3.8, 4) is 0 Å². The molecule has 1 aromatic rings. The Hall–Kier alpha value is -1.36. The van der Waals surface area contributed by atoms with E-state index < -0.39 is 0 Å². The van der Waals surface area contributed by atoms with Crippen LogP contribution in [0.25, 0.3) is 0 Å². The third-order valence-electron chi connectivity index (χ3n) is 1.63. The van der Waals surface area contributed by atoms with Crippen LogP contribution >= 0.6 is 15.9 Å². The quantitative estimate of drug-likeness (QED) is 0.677. The third-order valence-corrected chi connectivity index (χ3v) is 2.16. The van der Waals surface area contributed by atoms with E-state index in [-0.39, 0.29) is 5.91 Å². The molecule has 1 amide bonds. The van der Waals surface area contributed by atoms with Gasteiger partial charge in [0.15, 0.2) is 0 Å². The van der Waals surface area contributed by atoms with Crippen LogP contribution < -0.4 is 5.48 Å². The Morgan fingerprint density at radius 1 is 1.33 bits per heavy atom. The molecular weight excluding hydrogens is 260 g/mol. The number of nitrogens with one attached hydrogen (secondary N) is 1.